The molecule has 0 aromatic carbocycles. The Morgan fingerprint density at radius 1 is 1.25 bits per heavy atom. The van der Waals surface area contributed by atoms with Crippen molar-refractivity contribution >= 4 is 11.6 Å². The molecule has 2 aromatic heterocycles. The summed E-state index contributed by atoms with van der Waals surface area (Å²) in [6, 6.07) is 1.70. The second kappa shape index (κ2) is 5.06. The van der Waals surface area contributed by atoms with Crippen molar-refractivity contribution in [3.8, 4) is 0 Å². The fraction of sp³-hybridized carbons (Fsp3) is 0.333. The average molecular weight is 219 g/mol. The van der Waals surface area contributed by atoms with Gasteiger partial charge in [0.1, 0.15) is 30.1 Å². The molecule has 16 heavy (non-hydrogen) atoms. The minimum absolute atomic E-state index is 0.465. The van der Waals surface area contributed by atoms with Crippen LogP contribution in [0.2, 0.25) is 0 Å². The Kier molecular flexibility index (Phi) is 3.27. The quantitative estimate of drug-likeness (QED) is 0.621. The lowest BCUT2D eigenvalue weighted by Gasteiger charge is -2.04. The Labute approximate surface area is 92.5 Å². The van der Waals surface area contributed by atoms with E-state index in [1.54, 1.807) is 6.07 Å². The van der Waals surface area contributed by atoms with Crippen LogP contribution in [0.1, 0.15) is 12.2 Å². The highest BCUT2D eigenvalue weighted by atomic mass is 15.2. The smallest absolute Gasteiger partial charge is 0.137 e. The van der Waals surface area contributed by atoms with Crippen LogP contribution < -0.4 is 11.1 Å². The maximum Gasteiger partial charge on any atom is 0.137 e. The number of rotatable bonds is 5. The summed E-state index contributed by atoms with van der Waals surface area (Å²) in [6.45, 7) is 0.803. The summed E-state index contributed by atoms with van der Waals surface area (Å²) in [7, 11) is 0. The standard InChI is InChI=1S/C9H13N7/c10-7-4-9(13-5-12-7)11-3-1-2-8-14-6-15-16-8/h4-6H,1-3H2,(H,14,15,16)(H3,10,11,12,13). The topological polar surface area (TPSA) is 105 Å². The molecular weight excluding hydrogens is 206 g/mol. The molecule has 0 bridgehead atoms. The van der Waals surface area contributed by atoms with E-state index < -0.39 is 0 Å². The van der Waals surface area contributed by atoms with Gasteiger partial charge in [-0.1, -0.05) is 0 Å². The first kappa shape index (κ1) is 10.3. The Bertz CT molecular complexity index is 425. The van der Waals surface area contributed by atoms with Crippen molar-refractivity contribution in [2.24, 2.45) is 0 Å². The second-order valence-electron chi connectivity index (χ2n) is 3.29. The van der Waals surface area contributed by atoms with Crippen LogP contribution in [0.4, 0.5) is 11.6 Å². The van der Waals surface area contributed by atoms with Gasteiger partial charge in [0.05, 0.1) is 0 Å². The molecule has 0 spiro atoms. The molecule has 0 saturated heterocycles. The van der Waals surface area contributed by atoms with Crippen LogP contribution in [0.3, 0.4) is 0 Å². The van der Waals surface area contributed by atoms with Crippen LogP contribution in [0, 0.1) is 0 Å². The summed E-state index contributed by atoms with van der Waals surface area (Å²) in [6.07, 6.45) is 4.74. The summed E-state index contributed by atoms with van der Waals surface area (Å²) in [5.41, 5.74) is 5.53. The van der Waals surface area contributed by atoms with E-state index in [9.17, 15) is 0 Å². The number of anilines is 2. The number of aromatic amines is 1. The summed E-state index contributed by atoms with van der Waals surface area (Å²) < 4.78 is 0. The summed E-state index contributed by atoms with van der Waals surface area (Å²) in [5, 5.41) is 9.74. The van der Waals surface area contributed by atoms with Crippen molar-refractivity contribution in [3.63, 3.8) is 0 Å². The normalized spacial score (nSPS) is 10.2. The number of aromatic nitrogens is 5. The largest absolute Gasteiger partial charge is 0.384 e. The van der Waals surface area contributed by atoms with E-state index in [0.29, 0.717) is 5.82 Å². The summed E-state index contributed by atoms with van der Waals surface area (Å²) >= 11 is 0. The molecule has 2 rings (SSSR count). The number of nitrogen functional groups attached to an aromatic ring is 1. The second-order valence-corrected chi connectivity index (χ2v) is 3.29. The Hall–Kier alpha value is -2.18. The van der Waals surface area contributed by atoms with Gasteiger partial charge in [-0.15, -0.1) is 0 Å². The molecule has 4 N–H and O–H groups in total. The summed E-state index contributed by atoms with van der Waals surface area (Å²) in [4.78, 5) is 11.9. The number of hydrogen-bond donors (Lipinski definition) is 3. The highest BCUT2D eigenvalue weighted by Crippen LogP contribution is 2.04. The first-order chi connectivity index (χ1) is 7.84. The zero-order chi connectivity index (χ0) is 11.2. The number of hydrogen-bond acceptors (Lipinski definition) is 6. The molecule has 0 aliphatic rings. The van der Waals surface area contributed by atoms with Gasteiger partial charge in [-0.25, -0.2) is 15.0 Å². The van der Waals surface area contributed by atoms with E-state index in [-0.39, 0.29) is 0 Å². The van der Waals surface area contributed by atoms with E-state index in [0.717, 1.165) is 31.0 Å². The third kappa shape index (κ3) is 2.91. The molecule has 2 aromatic rings. The van der Waals surface area contributed by atoms with E-state index >= 15 is 0 Å². The zero-order valence-corrected chi connectivity index (χ0v) is 8.72. The maximum atomic E-state index is 5.53. The molecule has 0 amide bonds. The van der Waals surface area contributed by atoms with Crippen molar-refractivity contribution in [1.29, 1.82) is 0 Å². The molecule has 0 fully saturated rings. The molecule has 0 aliphatic carbocycles. The van der Waals surface area contributed by atoms with Gasteiger partial charge in [0.15, 0.2) is 0 Å². The van der Waals surface area contributed by atoms with Gasteiger partial charge >= 0.3 is 0 Å². The molecule has 0 atom stereocenters. The number of aryl methyl sites for hydroxylation is 1. The van der Waals surface area contributed by atoms with Crippen LogP contribution in [0.25, 0.3) is 0 Å². The van der Waals surface area contributed by atoms with Crippen LogP contribution in [0.15, 0.2) is 18.7 Å². The van der Waals surface area contributed by atoms with Crippen molar-refractivity contribution in [2.45, 2.75) is 12.8 Å². The number of nitrogens with two attached hydrogens (primary N) is 1. The fourth-order valence-electron chi connectivity index (χ4n) is 1.29. The third-order valence-electron chi connectivity index (χ3n) is 2.05. The molecule has 84 valence electrons. The monoisotopic (exact) mass is 219 g/mol. The van der Waals surface area contributed by atoms with Crippen LogP contribution in [-0.2, 0) is 6.42 Å². The highest BCUT2D eigenvalue weighted by molar-refractivity contribution is 5.42. The van der Waals surface area contributed by atoms with E-state index in [2.05, 4.69) is 30.5 Å². The van der Waals surface area contributed by atoms with Crippen molar-refractivity contribution in [3.05, 3.63) is 24.5 Å². The fourth-order valence-corrected chi connectivity index (χ4v) is 1.29. The SMILES string of the molecule is Nc1cc(NCCCc2ncn[nH]2)ncn1. The van der Waals surface area contributed by atoms with Crippen LogP contribution in [-0.4, -0.2) is 31.7 Å². The molecule has 2 heterocycles. The van der Waals surface area contributed by atoms with Gasteiger partial charge in [0, 0.05) is 19.0 Å². The van der Waals surface area contributed by atoms with Crippen molar-refractivity contribution in [1.82, 2.24) is 25.1 Å². The predicted octanol–water partition coefficient (Wildman–Crippen LogP) is 0.222. The van der Waals surface area contributed by atoms with Crippen LogP contribution >= 0.6 is 0 Å². The highest BCUT2D eigenvalue weighted by Gasteiger charge is 1.97. The Morgan fingerprint density at radius 3 is 2.94 bits per heavy atom. The number of nitrogens with zero attached hydrogens (tertiary/aromatic N) is 4. The molecule has 7 nitrogen and oxygen atoms in total. The average Bonchev–Trinajstić information content (AvgIpc) is 2.77. The number of H-pyrrole nitrogens is 1. The lowest BCUT2D eigenvalue weighted by atomic mass is 10.3. The van der Waals surface area contributed by atoms with Crippen molar-refractivity contribution < 1.29 is 0 Å². The molecule has 0 aliphatic heterocycles. The minimum Gasteiger partial charge on any atom is -0.384 e. The first-order valence-corrected chi connectivity index (χ1v) is 5.00. The first-order valence-electron chi connectivity index (χ1n) is 5.00. The van der Waals surface area contributed by atoms with E-state index in [4.69, 9.17) is 5.73 Å². The van der Waals surface area contributed by atoms with Gasteiger partial charge in [-0.2, -0.15) is 5.10 Å². The Balaban J connectivity index is 1.72. The minimum atomic E-state index is 0.465. The van der Waals surface area contributed by atoms with Gasteiger partial charge < -0.3 is 11.1 Å². The maximum absolute atomic E-state index is 5.53. The predicted molar refractivity (Wildman–Crippen MR) is 59.6 cm³/mol. The lowest BCUT2D eigenvalue weighted by Crippen LogP contribution is -2.06. The van der Waals surface area contributed by atoms with Gasteiger partial charge in [0.2, 0.25) is 0 Å². The van der Waals surface area contributed by atoms with Crippen LogP contribution in [0.5, 0.6) is 0 Å². The molecule has 0 radical (unpaired) electrons. The third-order valence-corrected chi connectivity index (χ3v) is 2.05. The van der Waals surface area contributed by atoms with E-state index in [1.807, 2.05) is 0 Å². The molecular formula is C9H13N7. The Morgan fingerprint density at radius 2 is 2.19 bits per heavy atom. The van der Waals surface area contributed by atoms with Gasteiger partial charge in [0.25, 0.3) is 0 Å². The van der Waals surface area contributed by atoms with E-state index in [1.165, 1.54) is 12.7 Å². The van der Waals surface area contributed by atoms with Gasteiger partial charge in [-0.3, -0.25) is 5.10 Å². The molecule has 0 saturated carbocycles. The van der Waals surface area contributed by atoms with Gasteiger partial charge in [-0.05, 0) is 6.42 Å². The number of nitrogens with one attached hydrogen (secondary N) is 2. The molecule has 0 unspecified atom stereocenters. The lowest BCUT2D eigenvalue weighted by molar-refractivity contribution is 0.803. The summed E-state index contributed by atoms with van der Waals surface area (Å²) in [5.74, 6) is 2.10. The zero-order valence-electron chi connectivity index (χ0n) is 8.72. The van der Waals surface area contributed by atoms with Crippen molar-refractivity contribution in [2.75, 3.05) is 17.6 Å². The molecule has 7 heteroatoms.